The van der Waals surface area contributed by atoms with Gasteiger partial charge in [-0.05, 0) is 73.1 Å². The normalized spacial score (nSPS) is 29.8. The Kier molecular flexibility index (Phi) is 5.98. The number of hydrogen-bond donors (Lipinski definition) is 1. The molecule has 0 unspecified atom stereocenters. The van der Waals surface area contributed by atoms with Crippen LogP contribution in [0.25, 0.3) is 0 Å². The quantitative estimate of drug-likeness (QED) is 0.357. The van der Waals surface area contributed by atoms with Crippen molar-refractivity contribution in [1.82, 2.24) is 4.98 Å². The molecule has 2 saturated carbocycles. The van der Waals surface area contributed by atoms with E-state index in [4.69, 9.17) is 4.74 Å². The lowest BCUT2D eigenvalue weighted by atomic mass is 9.68. The number of rotatable bonds is 5. The van der Waals surface area contributed by atoms with Crippen molar-refractivity contribution in [3.63, 3.8) is 0 Å². The smallest absolute Gasteiger partial charge is 0.338 e. The number of nitrogens with one attached hydrogen (secondary N) is 1. The number of anilines is 2. The number of thioether (sulfide) groups is 1. The van der Waals surface area contributed by atoms with Crippen molar-refractivity contribution >= 4 is 52.3 Å². The van der Waals surface area contributed by atoms with Gasteiger partial charge in [0.25, 0.3) is 0 Å². The molecule has 3 fully saturated rings. The van der Waals surface area contributed by atoms with Crippen LogP contribution >= 0.6 is 23.1 Å². The molecule has 7 rings (SSSR count). The molecular formula is C30H29N3O5S2. The number of nitrogens with zero attached hydrogens (tertiary/aromatic N) is 2. The van der Waals surface area contributed by atoms with Gasteiger partial charge in [0.1, 0.15) is 0 Å². The Bertz CT molecular complexity index is 1580. The van der Waals surface area contributed by atoms with Gasteiger partial charge in [0.05, 0.1) is 34.7 Å². The summed E-state index contributed by atoms with van der Waals surface area (Å²) in [5.41, 5.74) is 3.12. The van der Waals surface area contributed by atoms with Crippen LogP contribution in [0.5, 0.6) is 0 Å². The molecule has 8 nitrogen and oxygen atoms in total. The first-order valence-electron chi connectivity index (χ1n) is 13.6. The van der Waals surface area contributed by atoms with Crippen molar-refractivity contribution in [3.8, 4) is 0 Å². The number of carbonyl (C=O) groups excluding carboxylic acids is 3. The van der Waals surface area contributed by atoms with Crippen LogP contribution in [0.1, 0.15) is 40.1 Å². The molecular weight excluding hydrogens is 546 g/mol. The number of hydrogen-bond acceptors (Lipinski definition) is 8. The lowest BCUT2D eigenvalue weighted by molar-refractivity contribution is -0.123. The van der Waals surface area contributed by atoms with Gasteiger partial charge in [-0.3, -0.25) is 19.3 Å². The number of imide groups is 1. The monoisotopic (exact) mass is 575 g/mol. The number of ether oxygens (including phenoxy) is 1. The Balaban J connectivity index is 1.24. The van der Waals surface area contributed by atoms with E-state index in [1.165, 1.54) is 16.2 Å². The Morgan fingerprint density at radius 2 is 1.68 bits per heavy atom. The van der Waals surface area contributed by atoms with Gasteiger partial charge in [-0.1, -0.05) is 23.5 Å². The van der Waals surface area contributed by atoms with E-state index < -0.39 is 5.97 Å². The minimum atomic E-state index is -0.431. The molecule has 7 atom stereocenters. The molecule has 10 heteroatoms. The number of esters is 1. The van der Waals surface area contributed by atoms with Crippen LogP contribution in [0.2, 0.25) is 0 Å². The molecule has 4 aliphatic rings. The summed E-state index contributed by atoms with van der Waals surface area (Å²) >= 11 is 2.96. The van der Waals surface area contributed by atoms with Gasteiger partial charge in [0, 0.05) is 35.8 Å². The Morgan fingerprint density at radius 3 is 2.33 bits per heavy atom. The highest BCUT2D eigenvalue weighted by Gasteiger charge is 2.69. The zero-order chi connectivity index (χ0) is 27.9. The maximum atomic E-state index is 13.9. The molecule has 2 amide bonds. The van der Waals surface area contributed by atoms with Gasteiger partial charge >= 0.3 is 10.8 Å². The molecule has 1 saturated heterocycles. The highest BCUT2D eigenvalue weighted by Crippen LogP contribution is 2.68. The molecule has 1 aromatic heterocycles. The topological polar surface area (TPSA) is 99.8 Å². The standard InChI is InChI=1S/C30H29N3O5S2/c1-4-38-29(36)15-7-11-17(12-8-15)33-27(34)22-18-13-19(23(22)28(33)35)24-21(18)20(25-26(39-24)31-30(37)40-25)14-5-9-16(10-6-14)32(2)3/h5-12,18-24H,4,13H2,1-3H3,(H,31,37)/t18-,19-,20+,21+,22+,23+,24-/m1/s1. The molecule has 0 spiro atoms. The van der Waals surface area contributed by atoms with E-state index in [-0.39, 0.29) is 64.1 Å². The van der Waals surface area contributed by atoms with Gasteiger partial charge in [-0.15, -0.1) is 11.8 Å². The fourth-order valence-electron chi connectivity index (χ4n) is 7.59. The molecule has 2 bridgehead atoms. The molecule has 3 aromatic rings. The highest BCUT2D eigenvalue weighted by atomic mass is 32.2. The zero-order valence-corrected chi connectivity index (χ0v) is 24.0. The first-order chi connectivity index (χ1) is 19.3. The second-order valence-corrected chi connectivity index (χ2v) is 13.4. The van der Waals surface area contributed by atoms with Crippen molar-refractivity contribution in [2.24, 2.45) is 29.6 Å². The molecule has 0 radical (unpaired) electrons. The minimum absolute atomic E-state index is 0.00169. The number of aromatic nitrogens is 1. The van der Waals surface area contributed by atoms with Gasteiger partial charge in [0.15, 0.2) is 0 Å². The van der Waals surface area contributed by atoms with Gasteiger partial charge in [-0.2, -0.15) is 0 Å². The van der Waals surface area contributed by atoms with Crippen LogP contribution in [0.4, 0.5) is 11.4 Å². The van der Waals surface area contributed by atoms with Crippen LogP contribution < -0.4 is 14.7 Å². The Hall–Kier alpha value is -3.37. The van der Waals surface area contributed by atoms with E-state index in [1.54, 1.807) is 43.0 Å². The SMILES string of the molecule is CCOC(=O)c1ccc(N2C(=O)[C@H]3[C@H]4C[C@@H]([C@@H]3C2=O)[C@H]2[C@H](c3ccc(N(C)C)cc3)c3sc(=O)[nH]c3S[C@H]42)cc1. The van der Waals surface area contributed by atoms with Crippen LogP contribution in [0, 0.1) is 29.6 Å². The first-order valence-corrected chi connectivity index (χ1v) is 15.3. The number of amides is 2. The van der Waals surface area contributed by atoms with Gasteiger partial charge < -0.3 is 14.6 Å². The molecule has 206 valence electrons. The van der Waals surface area contributed by atoms with Gasteiger partial charge in [0.2, 0.25) is 11.8 Å². The largest absolute Gasteiger partial charge is 0.462 e. The summed E-state index contributed by atoms with van der Waals surface area (Å²) < 4.78 is 5.07. The molecule has 3 heterocycles. The number of aromatic amines is 1. The van der Waals surface area contributed by atoms with Crippen molar-refractivity contribution in [2.45, 2.75) is 29.5 Å². The molecule has 40 heavy (non-hydrogen) atoms. The average Bonchev–Trinajstić information content (AvgIpc) is 3.67. The van der Waals surface area contributed by atoms with Crippen molar-refractivity contribution in [1.29, 1.82) is 0 Å². The van der Waals surface area contributed by atoms with Crippen LogP contribution in [-0.2, 0) is 14.3 Å². The summed E-state index contributed by atoms with van der Waals surface area (Å²) in [6, 6.07) is 15.0. The van der Waals surface area contributed by atoms with E-state index in [9.17, 15) is 19.2 Å². The van der Waals surface area contributed by atoms with E-state index in [0.717, 1.165) is 27.6 Å². The third-order valence-electron chi connectivity index (χ3n) is 9.13. The van der Waals surface area contributed by atoms with Gasteiger partial charge in [-0.25, -0.2) is 4.79 Å². The minimum Gasteiger partial charge on any atom is -0.462 e. The number of thiazole rings is 1. The van der Waals surface area contributed by atoms with Crippen molar-refractivity contribution in [2.75, 3.05) is 30.5 Å². The fraction of sp³-hybridized carbons (Fsp3) is 0.400. The number of fused-ring (bicyclic) bond motifs is 9. The third kappa shape index (κ3) is 3.65. The van der Waals surface area contributed by atoms with Crippen molar-refractivity contribution in [3.05, 3.63) is 74.2 Å². The summed E-state index contributed by atoms with van der Waals surface area (Å²) in [5.74, 6) is -1.20. The Morgan fingerprint density at radius 1 is 1.00 bits per heavy atom. The van der Waals surface area contributed by atoms with Crippen LogP contribution in [0.15, 0.2) is 58.4 Å². The van der Waals surface area contributed by atoms with E-state index in [1.807, 2.05) is 14.1 Å². The van der Waals surface area contributed by atoms with Crippen molar-refractivity contribution < 1.29 is 19.1 Å². The maximum Gasteiger partial charge on any atom is 0.338 e. The second kappa shape index (κ2) is 9.34. The number of benzene rings is 2. The van der Waals surface area contributed by atoms with E-state index in [0.29, 0.717) is 11.3 Å². The predicted octanol–water partition coefficient (Wildman–Crippen LogP) is 4.36. The lowest BCUT2D eigenvalue weighted by Gasteiger charge is -2.43. The maximum absolute atomic E-state index is 13.9. The summed E-state index contributed by atoms with van der Waals surface area (Å²) in [4.78, 5) is 59.8. The molecule has 2 aliphatic carbocycles. The van der Waals surface area contributed by atoms with E-state index >= 15 is 0 Å². The average molecular weight is 576 g/mol. The highest BCUT2D eigenvalue weighted by molar-refractivity contribution is 8.00. The third-order valence-corrected chi connectivity index (χ3v) is 11.7. The second-order valence-electron chi connectivity index (χ2n) is 11.2. The van der Waals surface area contributed by atoms with Crippen LogP contribution in [0.3, 0.4) is 0 Å². The Labute approximate surface area is 239 Å². The summed E-state index contributed by atoms with van der Waals surface area (Å²) in [6.07, 6.45) is 0.843. The van der Waals surface area contributed by atoms with E-state index in [2.05, 4.69) is 34.1 Å². The number of H-pyrrole nitrogens is 1. The summed E-state index contributed by atoms with van der Waals surface area (Å²) in [7, 11) is 4.01. The summed E-state index contributed by atoms with van der Waals surface area (Å²) in [6.45, 7) is 2.02. The van der Waals surface area contributed by atoms with Crippen LogP contribution in [-0.4, -0.2) is 48.7 Å². The fourth-order valence-corrected chi connectivity index (χ4v) is 10.5. The molecule has 2 aromatic carbocycles. The molecule has 2 aliphatic heterocycles. The predicted molar refractivity (Wildman–Crippen MR) is 154 cm³/mol. The summed E-state index contributed by atoms with van der Waals surface area (Å²) in [5, 5.41) is 1.05. The zero-order valence-electron chi connectivity index (χ0n) is 22.3. The molecule has 1 N–H and O–H groups in total. The lowest BCUT2D eigenvalue weighted by Crippen LogP contribution is -2.42. The number of carbonyl (C=O) groups is 3. The first kappa shape index (κ1) is 25.6.